The molecule has 0 radical (unpaired) electrons. The number of benzene rings is 3. The molecule has 46 heavy (non-hydrogen) atoms. The second-order valence-corrected chi connectivity index (χ2v) is 10.2. The minimum Gasteiger partial charge on any atom is -0.493 e. The van der Waals surface area contributed by atoms with Crippen LogP contribution in [-0.2, 0) is 24.1 Å². The minimum absolute atomic E-state index is 0.0305. The summed E-state index contributed by atoms with van der Waals surface area (Å²) in [7, 11) is 6.26. The average molecular weight is 643 g/mol. The number of hydrogen-bond donors (Lipinski definition) is 0. The summed E-state index contributed by atoms with van der Waals surface area (Å²) in [5.41, 5.74) is 1.64. The predicted octanol–water partition coefficient (Wildman–Crippen LogP) is 6.94. The molecule has 0 aliphatic carbocycles. The Morgan fingerprint density at radius 3 is 2.22 bits per heavy atom. The molecule has 0 saturated heterocycles. The maximum atomic E-state index is 13.7. The van der Waals surface area contributed by atoms with Crippen molar-refractivity contribution in [1.29, 1.82) is 0 Å². The van der Waals surface area contributed by atoms with E-state index in [0.29, 0.717) is 61.2 Å². The van der Waals surface area contributed by atoms with Crippen molar-refractivity contribution in [3.63, 3.8) is 0 Å². The Hall–Kier alpha value is -4.87. The number of halogens is 4. The molecule has 8 nitrogen and oxygen atoms in total. The maximum Gasteiger partial charge on any atom is 0.419 e. The number of methoxy groups -OCH3 is 2. The standard InChI is InChI=1S/C32H32F4N4O4.C2H6/c1-38(17-22-7-12-29(43-3)30(15-22)44-4)31(42)23-8-5-21(6-9-23)18-40-14-13-28(24(19-40)20-41)37-39(2)25-10-11-27(33)26(16-25)32(34,35)36;1-2/h5-12,15-16,19-20H,13-14,17-18H2,1-4H3;1-2H3/b37-28-;. The molecule has 1 aliphatic heterocycles. The van der Waals surface area contributed by atoms with Crippen LogP contribution in [0.4, 0.5) is 23.2 Å². The first-order chi connectivity index (χ1) is 21.9. The molecular formula is C34H38F4N4O4. The number of anilines is 1. The number of carbonyl (C=O) groups excluding carboxylic acids is 2. The van der Waals surface area contributed by atoms with Gasteiger partial charge < -0.3 is 19.3 Å². The van der Waals surface area contributed by atoms with Gasteiger partial charge in [0.2, 0.25) is 0 Å². The Labute approximate surface area is 266 Å². The van der Waals surface area contributed by atoms with Gasteiger partial charge in [0.05, 0.1) is 36.8 Å². The lowest BCUT2D eigenvalue weighted by Gasteiger charge is -2.27. The fraction of sp³-hybridized carbons (Fsp3) is 0.324. The maximum absolute atomic E-state index is 13.7. The molecule has 0 saturated carbocycles. The number of ether oxygens (including phenoxy) is 2. The Bertz CT molecular complexity index is 1570. The van der Waals surface area contributed by atoms with E-state index in [1.807, 2.05) is 43.0 Å². The van der Waals surface area contributed by atoms with Crippen molar-refractivity contribution >= 4 is 23.6 Å². The van der Waals surface area contributed by atoms with E-state index >= 15 is 0 Å². The van der Waals surface area contributed by atoms with Gasteiger partial charge in [-0.2, -0.15) is 18.3 Å². The van der Waals surface area contributed by atoms with Gasteiger partial charge in [-0.25, -0.2) is 4.39 Å². The number of amides is 1. The van der Waals surface area contributed by atoms with Crippen LogP contribution < -0.4 is 14.5 Å². The Kier molecular flexibility index (Phi) is 12.3. The van der Waals surface area contributed by atoms with Crippen molar-refractivity contribution in [3.8, 4) is 11.5 Å². The van der Waals surface area contributed by atoms with Crippen LogP contribution in [0.3, 0.4) is 0 Å². The zero-order chi connectivity index (χ0) is 34.0. The van der Waals surface area contributed by atoms with Crippen molar-refractivity contribution in [3.05, 3.63) is 101 Å². The largest absolute Gasteiger partial charge is 0.493 e. The number of aldehydes is 1. The van der Waals surface area contributed by atoms with Gasteiger partial charge in [-0.05, 0) is 53.6 Å². The van der Waals surface area contributed by atoms with Gasteiger partial charge >= 0.3 is 6.18 Å². The average Bonchev–Trinajstić information content (AvgIpc) is 3.05. The summed E-state index contributed by atoms with van der Waals surface area (Å²) < 4.78 is 63.7. The summed E-state index contributed by atoms with van der Waals surface area (Å²) >= 11 is 0. The third-order valence-corrected chi connectivity index (χ3v) is 7.12. The third-order valence-electron chi connectivity index (χ3n) is 7.12. The molecule has 0 fully saturated rings. The van der Waals surface area contributed by atoms with E-state index in [1.165, 1.54) is 18.1 Å². The van der Waals surface area contributed by atoms with Gasteiger partial charge in [0.25, 0.3) is 5.91 Å². The molecule has 0 bridgehead atoms. The molecule has 1 heterocycles. The lowest BCUT2D eigenvalue weighted by Crippen LogP contribution is -2.29. The van der Waals surface area contributed by atoms with Crippen LogP contribution in [0.25, 0.3) is 0 Å². The topological polar surface area (TPSA) is 74.7 Å². The Morgan fingerprint density at radius 1 is 0.957 bits per heavy atom. The second-order valence-electron chi connectivity index (χ2n) is 10.2. The van der Waals surface area contributed by atoms with E-state index in [1.54, 1.807) is 50.6 Å². The highest BCUT2D eigenvalue weighted by Crippen LogP contribution is 2.34. The number of nitrogens with zero attached hydrogens (tertiary/aromatic N) is 4. The molecule has 0 atom stereocenters. The number of alkyl halides is 3. The highest BCUT2D eigenvalue weighted by atomic mass is 19.4. The number of rotatable bonds is 10. The lowest BCUT2D eigenvalue weighted by molar-refractivity contribution is -0.139. The van der Waals surface area contributed by atoms with Crippen LogP contribution in [0.2, 0.25) is 0 Å². The number of hydrogen-bond acceptors (Lipinski definition) is 7. The summed E-state index contributed by atoms with van der Waals surface area (Å²) in [4.78, 5) is 28.4. The lowest BCUT2D eigenvalue weighted by atomic mass is 10.0. The van der Waals surface area contributed by atoms with E-state index in [4.69, 9.17) is 9.47 Å². The fourth-order valence-electron chi connectivity index (χ4n) is 4.76. The predicted molar refractivity (Wildman–Crippen MR) is 170 cm³/mol. The normalized spacial score (nSPS) is 13.7. The van der Waals surface area contributed by atoms with Gasteiger partial charge in [-0.3, -0.25) is 14.6 Å². The van der Waals surface area contributed by atoms with Crippen molar-refractivity contribution in [2.45, 2.75) is 39.5 Å². The Morgan fingerprint density at radius 2 is 1.61 bits per heavy atom. The number of hydrazone groups is 1. The molecule has 0 N–H and O–H groups in total. The first kappa shape index (κ1) is 35.6. The van der Waals surface area contributed by atoms with Crippen molar-refractivity contribution in [2.75, 3.05) is 39.9 Å². The van der Waals surface area contributed by atoms with Crippen LogP contribution in [-0.4, -0.2) is 62.6 Å². The van der Waals surface area contributed by atoms with Gasteiger partial charge in [-0.1, -0.05) is 32.0 Å². The van der Waals surface area contributed by atoms with Crippen LogP contribution >= 0.6 is 0 Å². The third kappa shape index (κ3) is 8.86. The van der Waals surface area contributed by atoms with Gasteiger partial charge in [-0.15, -0.1) is 0 Å². The first-order valence-corrected chi connectivity index (χ1v) is 14.6. The van der Waals surface area contributed by atoms with E-state index in [-0.39, 0.29) is 17.2 Å². The summed E-state index contributed by atoms with van der Waals surface area (Å²) in [5.74, 6) is -0.338. The Balaban J connectivity index is 0.00000282. The van der Waals surface area contributed by atoms with Crippen LogP contribution in [0.15, 0.2) is 77.5 Å². The SMILES string of the molecule is CC.COc1ccc(CN(C)C(=O)c2ccc(CN3C=C(C=O)/C(=N\N(C)c4ccc(F)c(C(F)(F)F)c4)CC3)cc2)cc1OC. The van der Waals surface area contributed by atoms with E-state index in [2.05, 4.69) is 5.10 Å². The molecule has 4 rings (SSSR count). The summed E-state index contributed by atoms with van der Waals surface area (Å²) in [6.07, 6.45) is -2.20. The van der Waals surface area contributed by atoms with Crippen LogP contribution in [0.5, 0.6) is 11.5 Å². The molecule has 0 spiro atoms. The highest BCUT2D eigenvalue weighted by molar-refractivity contribution is 6.15. The van der Waals surface area contributed by atoms with Gasteiger partial charge in [0.1, 0.15) is 5.82 Å². The van der Waals surface area contributed by atoms with Crippen molar-refractivity contribution < 1.29 is 36.6 Å². The molecule has 3 aromatic rings. The molecule has 246 valence electrons. The van der Waals surface area contributed by atoms with Gasteiger partial charge in [0, 0.05) is 51.9 Å². The molecule has 1 amide bonds. The van der Waals surface area contributed by atoms with Gasteiger partial charge in [0.15, 0.2) is 17.8 Å². The van der Waals surface area contributed by atoms with Crippen molar-refractivity contribution in [2.24, 2.45) is 5.10 Å². The minimum atomic E-state index is -4.85. The molecule has 1 aliphatic rings. The van der Waals surface area contributed by atoms with Crippen molar-refractivity contribution in [1.82, 2.24) is 9.80 Å². The van der Waals surface area contributed by atoms with E-state index < -0.39 is 17.6 Å². The molecular weight excluding hydrogens is 604 g/mol. The molecule has 0 unspecified atom stereocenters. The van der Waals surface area contributed by atoms with E-state index in [0.717, 1.165) is 17.2 Å². The second kappa shape index (κ2) is 15.9. The molecule has 12 heteroatoms. The summed E-state index contributed by atoms with van der Waals surface area (Å²) in [6.45, 7) is 5.33. The van der Waals surface area contributed by atoms with Crippen LogP contribution in [0, 0.1) is 5.82 Å². The molecule has 0 aromatic heterocycles. The first-order valence-electron chi connectivity index (χ1n) is 14.6. The fourth-order valence-corrected chi connectivity index (χ4v) is 4.76. The highest BCUT2D eigenvalue weighted by Gasteiger charge is 2.34. The molecule has 3 aromatic carbocycles. The smallest absolute Gasteiger partial charge is 0.419 e. The zero-order valence-electron chi connectivity index (χ0n) is 26.7. The number of carbonyl (C=O) groups is 2. The monoisotopic (exact) mass is 642 g/mol. The number of allylic oxidation sites excluding steroid dienone is 1. The quantitative estimate of drug-likeness (QED) is 0.136. The van der Waals surface area contributed by atoms with E-state index in [9.17, 15) is 27.2 Å². The van der Waals surface area contributed by atoms with Crippen LogP contribution in [0.1, 0.15) is 47.3 Å². The summed E-state index contributed by atoms with van der Waals surface area (Å²) in [6, 6.07) is 15.3. The summed E-state index contributed by atoms with van der Waals surface area (Å²) in [5, 5.41) is 5.52. The zero-order valence-corrected chi connectivity index (χ0v) is 26.7.